The van der Waals surface area contributed by atoms with Crippen LogP contribution < -0.4 is 15.0 Å². The number of amides is 1. The van der Waals surface area contributed by atoms with Gasteiger partial charge in [0.05, 0.1) is 7.05 Å². The average Bonchev–Trinajstić information content (AvgIpc) is 2.49. The molecule has 1 unspecified atom stereocenters. The van der Waals surface area contributed by atoms with Gasteiger partial charge in [-0.05, 0) is 37.3 Å². The van der Waals surface area contributed by atoms with Crippen LogP contribution in [0.4, 0.5) is 5.69 Å². The number of halogens is 1. The highest BCUT2D eigenvalue weighted by Crippen LogP contribution is 2.17. The number of ether oxygens (including phenoxy) is 1. The molecular formula is C18H22BrN2O2+. The van der Waals surface area contributed by atoms with Crippen LogP contribution >= 0.6 is 15.9 Å². The summed E-state index contributed by atoms with van der Waals surface area (Å²) >= 11 is 3.41. The zero-order chi connectivity index (χ0) is 16.7. The Hall–Kier alpha value is -1.85. The van der Waals surface area contributed by atoms with Crippen LogP contribution in [0.25, 0.3) is 0 Å². The summed E-state index contributed by atoms with van der Waals surface area (Å²) in [5, 5.41) is 2.91. The van der Waals surface area contributed by atoms with Crippen molar-refractivity contribution in [3.8, 4) is 5.75 Å². The second kappa shape index (κ2) is 8.70. The lowest BCUT2D eigenvalue weighted by Gasteiger charge is -2.14. The summed E-state index contributed by atoms with van der Waals surface area (Å²) in [7, 11) is 1.99. The Morgan fingerprint density at radius 1 is 1.22 bits per heavy atom. The predicted octanol–water partition coefficient (Wildman–Crippen LogP) is 2.29. The van der Waals surface area contributed by atoms with Gasteiger partial charge in [0.25, 0.3) is 5.91 Å². The molecule has 0 fully saturated rings. The first-order chi connectivity index (χ1) is 11.0. The summed E-state index contributed by atoms with van der Waals surface area (Å²) in [5.74, 6) is 0.838. The first-order valence-corrected chi connectivity index (χ1v) is 8.38. The van der Waals surface area contributed by atoms with E-state index in [1.807, 2.05) is 62.5 Å². The molecule has 2 aromatic rings. The molecule has 1 amide bonds. The molecule has 0 spiro atoms. The van der Waals surface area contributed by atoms with E-state index in [1.165, 1.54) is 5.56 Å². The SMILES string of the molecule is Cc1ccc(NC(=O)C[NH+](C)CCOc2cccc(Br)c2)cc1. The molecule has 2 rings (SSSR count). The number of carbonyl (C=O) groups is 1. The largest absolute Gasteiger partial charge is 0.488 e. The summed E-state index contributed by atoms with van der Waals surface area (Å²) < 4.78 is 6.68. The highest BCUT2D eigenvalue weighted by atomic mass is 79.9. The molecule has 5 heteroatoms. The average molecular weight is 378 g/mol. The second-order valence-corrected chi connectivity index (χ2v) is 6.52. The van der Waals surface area contributed by atoms with Crippen LogP contribution in [0, 0.1) is 6.92 Å². The molecule has 0 saturated carbocycles. The third-order valence-corrected chi connectivity index (χ3v) is 3.88. The van der Waals surface area contributed by atoms with Crippen LogP contribution in [-0.4, -0.2) is 32.7 Å². The molecule has 122 valence electrons. The fourth-order valence-corrected chi connectivity index (χ4v) is 2.48. The van der Waals surface area contributed by atoms with E-state index < -0.39 is 0 Å². The van der Waals surface area contributed by atoms with Gasteiger partial charge in [-0.1, -0.05) is 39.7 Å². The van der Waals surface area contributed by atoms with Gasteiger partial charge in [0.1, 0.15) is 18.9 Å². The van der Waals surface area contributed by atoms with E-state index in [2.05, 4.69) is 21.2 Å². The van der Waals surface area contributed by atoms with Gasteiger partial charge in [0.2, 0.25) is 0 Å². The van der Waals surface area contributed by atoms with E-state index in [-0.39, 0.29) is 5.91 Å². The van der Waals surface area contributed by atoms with Gasteiger partial charge in [-0.25, -0.2) is 0 Å². The van der Waals surface area contributed by atoms with Crippen molar-refractivity contribution in [2.45, 2.75) is 6.92 Å². The lowest BCUT2D eigenvalue weighted by atomic mass is 10.2. The van der Waals surface area contributed by atoms with Crippen molar-refractivity contribution >= 4 is 27.5 Å². The molecule has 2 aromatic carbocycles. The minimum absolute atomic E-state index is 0.00816. The number of hydrogen-bond acceptors (Lipinski definition) is 2. The number of likely N-dealkylation sites (N-methyl/N-ethyl adjacent to an activating group) is 1. The Labute approximate surface area is 145 Å². The van der Waals surface area contributed by atoms with Crippen molar-refractivity contribution in [2.75, 3.05) is 32.1 Å². The van der Waals surface area contributed by atoms with Gasteiger partial charge in [-0.15, -0.1) is 0 Å². The number of rotatable bonds is 7. The Kier molecular flexibility index (Phi) is 6.62. The summed E-state index contributed by atoms with van der Waals surface area (Å²) in [4.78, 5) is 13.1. The Morgan fingerprint density at radius 2 is 1.96 bits per heavy atom. The Bertz CT molecular complexity index is 644. The molecule has 0 aliphatic heterocycles. The van der Waals surface area contributed by atoms with E-state index >= 15 is 0 Å². The summed E-state index contributed by atoms with van der Waals surface area (Å²) in [5.41, 5.74) is 2.01. The standard InChI is InChI=1S/C18H21BrN2O2/c1-14-6-8-16(9-7-14)20-18(22)13-21(2)10-11-23-17-5-3-4-15(19)12-17/h3-9,12H,10-11,13H2,1-2H3,(H,20,22)/p+1. The van der Waals surface area contributed by atoms with Gasteiger partial charge < -0.3 is 15.0 Å². The zero-order valence-corrected chi connectivity index (χ0v) is 15.0. The van der Waals surface area contributed by atoms with Gasteiger partial charge in [-0.2, -0.15) is 0 Å². The fourth-order valence-electron chi connectivity index (χ4n) is 2.10. The number of hydrogen-bond donors (Lipinski definition) is 2. The van der Waals surface area contributed by atoms with Crippen molar-refractivity contribution in [3.63, 3.8) is 0 Å². The maximum atomic E-state index is 12.0. The lowest BCUT2D eigenvalue weighted by molar-refractivity contribution is -0.871. The summed E-state index contributed by atoms with van der Waals surface area (Å²) in [6.07, 6.45) is 0. The number of quaternary nitrogens is 1. The summed E-state index contributed by atoms with van der Waals surface area (Å²) in [6.45, 7) is 3.76. The molecule has 1 atom stereocenters. The van der Waals surface area contributed by atoms with E-state index in [0.717, 1.165) is 27.4 Å². The number of carbonyl (C=O) groups excluding carboxylic acids is 1. The number of nitrogens with one attached hydrogen (secondary N) is 2. The van der Waals surface area contributed by atoms with Crippen LogP contribution in [0.3, 0.4) is 0 Å². The van der Waals surface area contributed by atoms with Crippen LogP contribution in [0.5, 0.6) is 5.75 Å². The van der Waals surface area contributed by atoms with Crippen LogP contribution in [-0.2, 0) is 4.79 Å². The molecule has 0 bridgehead atoms. The minimum Gasteiger partial charge on any atom is -0.488 e. The van der Waals surface area contributed by atoms with Crippen LogP contribution in [0.1, 0.15) is 5.56 Å². The molecule has 0 saturated heterocycles. The number of anilines is 1. The maximum Gasteiger partial charge on any atom is 0.279 e. The van der Waals surface area contributed by atoms with Crippen molar-refractivity contribution in [1.29, 1.82) is 0 Å². The number of aryl methyl sites for hydroxylation is 1. The third-order valence-electron chi connectivity index (χ3n) is 3.39. The topological polar surface area (TPSA) is 42.8 Å². The zero-order valence-electron chi connectivity index (χ0n) is 13.4. The van der Waals surface area contributed by atoms with Crippen molar-refractivity contribution in [1.82, 2.24) is 0 Å². The van der Waals surface area contributed by atoms with Crippen molar-refractivity contribution in [2.24, 2.45) is 0 Å². The first kappa shape index (κ1) is 17.5. The van der Waals surface area contributed by atoms with E-state index in [9.17, 15) is 4.79 Å². The molecule has 0 aromatic heterocycles. The van der Waals surface area contributed by atoms with Crippen LogP contribution in [0.2, 0.25) is 0 Å². The van der Waals surface area contributed by atoms with Gasteiger partial charge >= 0.3 is 0 Å². The molecular weight excluding hydrogens is 356 g/mol. The molecule has 4 nitrogen and oxygen atoms in total. The van der Waals surface area contributed by atoms with Crippen molar-refractivity contribution < 1.29 is 14.4 Å². The maximum absolute atomic E-state index is 12.0. The molecule has 0 aliphatic rings. The normalized spacial score (nSPS) is 11.8. The van der Waals surface area contributed by atoms with E-state index in [4.69, 9.17) is 4.74 Å². The monoisotopic (exact) mass is 377 g/mol. The minimum atomic E-state index is 0.00816. The van der Waals surface area contributed by atoms with Crippen molar-refractivity contribution in [3.05, 3.63) is 58.6 Å². The Balaban J connectivity index is 1.70. The highest BCUT2D eigenvalue weighted by Gasteiger charge is 2.10. The smallest absolute Gasteiger partial charge is 0.279 e. The molecule has 2 N–H and O–H groups in total. The molecule has 0 heterocycles. The van der Waals surface area contributed by atoms with Crippen LogP contribution in [0.15, 0.2) is 53.0 Å². The van der Waals surface area contributed by atoms with Gasteiger partial charge in [0, 0.05) is 10.2 Å². The van der Waals surface area contributed by atoms with Gasteiger partial charge in [0.15, 0.2) is 6.54 Å². The third kappa shape index (κ3) is 6.42. The second-order valence-electron chi connectivity index (χ2n) is 5.60. The Morgan fingerprint density at radius 3 is 2.65 bits per heavy atom. The number of benzene rings is 2. The van der Waals surface area contributed by atoms with Gasteiger partial charge in [-0.3, -0.25) is 4.79 Å². The summed E-state index contributed by atoms with van der Waals surface area (Å²) in [6, 6.07) is 15.5. The molecule has 23 heavy (non-hydrogen) atoms. The molecule has 0 radical (unpaired) electrons. The van der Waals surface area contributed by atoms with E-state index in [1.54, 1.807) is 0 Å². The fraction of sp³-hybridized carbons (Fsp3) is 0.278. The predicted molar refractivity (Wildman–Crippen MR) is 96.1 cm³/mol. The molecule has 0 aliphatic carbocycles. The quantitative estimate of drug-likeness (QED) is 0.777. The first-order valence-electron chi connectivity index (χ1n) is 7.59. The highest BCUT2D eigenvalue weighted by molar-refractivity contribution is 9.10. The van der Waals surface area contributed by atoms with E-state index in [0.29, 0.717) is 13.2 Å². The lowest BCUT2D eigenvalue weighted by Crippen LogP contribution is -3.10.